The zero-order valence-corrected chi connectivity index (χ0v) is 22.0. The number of likely N-dealkylation sites (tertiary alicyclic amines) is 1. The topological polar surface area (TPSA) is 95.9 Å². The molecule has 3 heterocycles. The number of aliphatic hydroxyl groups is 1. The van der Waals surface area contributed by atoms with E-state index in [1.165, 1.54) is 0 Å². The average Bonchev–Trinajstić information content (AvgIpc) is 3.40. The van der Waals surface area contributed by atoms with Gasteiger partial charge in [0.05, 0.1) is 35.8 Å². The number of anilines is 1. The minimum Gasteiger partial charge on any atom is -0.466 e. The molecule has 3 aliphatic rings. The fourth-order valence-corrected chi connectivity index (χ4v) is 9.04. The molecule has 0 aromatic heterocycles. The lowest BCUT2D eigenvalue weighted by atomic mass is 9.66. The fraction of sp³-hybridized carbons (Fsp3) is 0.536. The van der Waals surface area contributed by atoms with Crippen molar-refractivity contribution in [3.8, 4) is 0 Å². The van der Waals surface area contributed by atoms with E-state index in [-0.39, 0.29) is 36.9 Å². The number of fused-ring (bicyclic) bond motifs is 2. The summed E-state index contributed by atoms with van der Waals surface area (Å²) in [6.07, 6.45) is 1.38. The van der Waals surface area contributed by atoms with Crippen LogP contribution in [0.1, 0.15) is 40.5 Å². The van der Waals surface area contributed by atoms with Crippen LogP contribution >= 0.6 is 11.8 Å². The maximum absolute atomic E-state index is 14.1. The van der Waals surface area contributed by atoms with Gasteiger partial charge in [-0.05, 0) is 55.5 Å². The number of ether oxygens (including phenoxy) is 1. The summed E-state index contributed by atoms with van der Waals surface area (Å²) in [4.78, 5) is 42.9. The first-order chi connectivity index (χ1) is 17.2. The second kappa shape index (κ2) is 9.06. The van der Waals surface area contributed by atoms with Crippen LogP contribution in [0.4, 0.5) is 5.69 Å². The zero-order valence-electron chi connectivity index (χ0n) is 21.2. The highest BCUT2D eigenvalue weighted by Crippen LogP contribution is 2.71. The van der Waals surface area contributed by atoms with Gasteiger partial charge in [-0.25, -0.2) is 0 Å². The van der Waals surface area contributed by atoms with E-state index in [2.05, 4.69) is 5.32 Å². The van der Waals surface area contributed by atoms with Crippen LogP contribution in [0.25, 0.3) is 10.8 Å². The highest BCUT2D eigenvalue weighted by molar-refractivity contribution is 8.02. The average molecular weight is 511 g/mol. The van der Waals surface area contributed by atoms with Crippen molar-refractivity contribution in [3.63, 3.8) is 0 Å². The molecule has 2 unspecified atom stereocenters. The molecular formula is C28H34N2O5S. The van der Waals surface area contributed by atoms with Gasteiger partial charge in [0.25, 0.3) is 0 Å². The summed E-state index contributed by atoms with van der Waals surface area (Å²) in [6, 6.07) is 12.4. The van der Waals surface area contributed by atoms with Crippen LogP contribution in [0, 0.1) is 17.8 Å². The van der Waals surface area contributed by atoms with Crippen LogP contribution in [0.5, 0.6) is 0 Å². The van der Waals surface area contributed by atoms with Crippen LogP contribution in [0.3, 0.4) is 0 Å². The Bertz CT molecular complexity index is 1220. The summed E-state index contributed by atoms with van der Waals surface area (Å²) < 4.78 is 4.22. The van der Waals surface area contributed by atoms with Crippen LogP contribution in [0.2, 0.25) is 0 Å². The summed E-state index contributed by atoms with van der Waals surface area (Å²) in [5.41, 5.74) is 0.654. The molecule has 0 aliphatic carbocycles. The first-order valence-corrected chi connectivity index (χ1v) is 13.6. The molecule has 3 aliphatic heterocycles. The van der Waals surface area contributed by atoms with Gasteiger partial charge in [-0.2, -0.15) is 0 Å². The molecule has 2 aromatic carbocycles. The molecule has 5 rings (SSSR count). The number of esters is 1. The molecule has 36 heavy (non-hydrogen) atoms. The van der Waals surface area contributed by atoms with Crippen LogP contribution < -0.4 is 5.32 Å². The minimum atomic E-state index is -0.799. The summed E-state index contributed by atoms with van der Waals surface area (Å²) in [7, 11) is 0. The normalized spacial score (nSPS) is 31.7. The van der Waals surface area contributed by atoms with E-state index >= 15 is 0 Å². The minimum absolute atomic E-state index is 0.0658. The van der Waals surface area contributed by atoms with Crippen LogP contribution in [-0.4, -0.2) is 62.6 Å². The molecule has 2 N–H and O–H groups in total. The summed E-state index contributed by atoms with van der Waals surface area (Å²) in [5.74, 6) is -2.20. The number of carbonyl (C=O) groups is 3. The zero-order chi connectivity index (χ0) is 25.8. The number of carbonyl (C=O) groups excluding carboxylic acids is 3. The number of benzene rings is 2. The maximum atomic E-state index is 14.1. The molecular weight excluding hydrogens is 476 g/mol. The van der Waals surface area contributed by atoms with Gasteiger partial charge in [0.1, 0.15) is 6.04 Å². The molecule has 0 radical (unpaired) electrons. The summed E-state index contributed by atoms with van der Waals surface area (Å²) >= 11 is 1.61. The third kappa shape index (κ3) is 3.64. The SMILES string of the molecule is CCOC(=O)[C@H]1[C@H]2C(=O)N([C@@H](CO)C(C)C)C(C(=O)Nc3ccc4ccccc4c3)C23CC[C@]1(C)S3. The number of amides is 2. The third-order valence-corrected chi connectivity index (χ3v) is 10.3. The summed E-state index contributed by atoms with van der Waals surface area (Å²) in [6.45, 7) is 7.65. The molecule has 3 fully saturated rings. The van der Waals surface area contributed by atoms with E-state index in [1.807, 2.05) is 63.2 Å². The highest BCUT2D eigenvalue weighted by Gasteiger charge is 2.78. The Morgan fingerprint density at radius 3 is 2.58 bits per heavy atom. The van der Waals surface area contributed by atoms with Crippen molar-refractivity contribution in [1.82, 2.24) is 4.90 Å². The van der Waals surface area contributed by atoms with Crippen molar-refractivity contribution in [2.24, 2.45) is 17.8 Å². The Kier molecular flexibility index (Phi) is 6.32. The molecule has 2 amide bonds. The lowest BCUT2D eigenvalue weighted by Gasteiger charge is -2.38. The lowest BCUT2D eigenvalue weighted by molar-refractivity contribution is -0.155. The van der Waals surface area contributed by atoms with Crippen LogP contribution in [-0.2, 0) is 19.1 Å². The first-order valence-electron chi connectivity index (χ1n) is 12.8. The fourth-order valence-electron chi connectivity index (χ4n) is 6.71. The molecule has 0 saturated carbocycles. The van der Waals surface area contributed by atoms with Gasteiger partial charge in [0.15, 0.2) is 0 Å². The number of aliphatic hydroxyl groups excluding tert-OH is 1. The van der Waals surface area contributed by atoms with Crippen molar-refractivity contribution in [2.75, 3.05) is 18.5 Å². The van der Waals surface area contributed by atoms with Gasteiger partial charge in [-0.3, -0.25) is 14.4 Å². The van der Waals surface area contributed by atoms with Crippen LogP contribution in [0.15, 0.2) is 42.5 Å². The quantitative estimate of drug-likeness (QED) is 0.550. The van der Waals surface area contributed by atoms with E-state index in [0.717, 1.165) is 17.2 Å². The van der Waals surface area contributed by atoms with Gasteiger partial charge >= 0.3 is 5.97 Å². The Labute approximate surface area is 215 Å². The monoisotopic (exact) mass is 510 g/mol. The summed E-state index contributed by atoms with van der Waals surface area (Å²) in [5, 5.41) is 15.4. The Hall–Kier alpha value is -2.58. The molecule has 2 aromatic rings. The molecule has 8 heteroatoms. The second-order valence-electron chi connectivity index (χ2n) is 10.8. The van der Waals surface area contributed by atoms with Crippen molar-refractivity contribution in [1.29, 1.82) is 0 Å². The van der Waals surface area contributed by atoms with E-state index in [9.17, 15) is 19.5 Å². The first kappa shape index (κ1) is 25.1. The van der Waals surface area contributed by atoms with Gasteiger partial charge in [-0.15, -0.1) is 11.8 Å². The highest BCUT2D eigenvalue weighted by atomic mass is 32.2. The number of hydrogen-bond acceptors (Lipinski definition) is 6. The standard InChI is InChI=1S/C28H34N2O5S/c1-5-35-26(34)22-21-25(33)30(20(15-31)16(2)3)23(28(21)13-12-27(22,4)36-28)24(32)29-19-11-10-17-8-6-7-9-18(17)14-19/h6-11,14,16,20-23,31H,5,12-13,15H2,1-4H3,(H,29,32)/t20-,21-,22+,23?,27-,28?/m0/s1. The molecule has 6 atom stereocenters. The van der Waals surface area contributed by atoms with Crippen molar-refractivity contribution in [3.05, 3.63) is 42.5 Å². The Morgan fingerprint density at radius 2 is 1.92 bits per heavy atom. The number of nitrogens with one attached hydrogen (secondary N) is 1. The van der Waals surface area contributed by atoms with Crippen molar-refractivity contribution < 1.29 is 24.2 Å². The maximum Gasteiger partial charge on any atom is 0.311 e. The van der Waals surface area contributed by atoms with Crippen molar-refractivity contribution >= 4 is 46.0 Å². The van der Waals surface area contributed by atoms with E-state index in [1.54, 1.807) is 23.6 Å². The van der Waals surface area contributed by atoms with E-state index in [0.29, 0.717) is 12.1 Å². The molecule has 192 valence electrons. The van der Waals surface area contributed by atoms with Gasteiger partial charge in [0.2, 0.25) is 11.8 Å². The number of hydrogen-bond donors (Lipinski definition) is 2. The lowest BCUT2D eigenvalue weighted by Crippen LogP contribution is -2.56. The van der Waals surface area contributed by atoms with Gasteiger partial charge in [-0.1, -0.05) is 44.2 Å². The number of thioether (sulfide) groups is 1. The second-order valence-corrected chi connectivity index (χ2v) is 12.7. The molecule has 7 nitrogen and oxygen atoms in total. The molecule has 1 spiro atoms. The van der Waals surface area contributed by atoms with Gasteiger partial charge < -0.3 is 20.1 Å². The third-order valence-electron chi connectivity index (χ3n) is 8.33. The van der Waals surface area contributed by atoms with Crippen molar-refractivity contribution in [2.45, 2.75) is 62.1 Å². The van der Waals surface area contributed by atoms with Gasteiger partial charge in [0, 0.05) is 10.4 Å². The number of nitrogens with zero attached hydrogens (tertiary/aromatic N) is 1. The predicted octanol–water partition coefficient (Wildman–Crippen LogP) is 3.84. The predicted molar refractivity (Wildman–Crippen MR) is 140 cm³/mol. The largest absolute Gasteiger partial charge is 0.466 e. The van der Waals surface area contributed by atoms with E-state index < -0.39 is 33.4 Å². The molecule has 3 saturated heterocycles. The Morgan fingerprint density at radius 1 is 1.19 bits per heavy atom. The Balaban J connectivity index is 1.56. The van der Waals surface area contributed by atoms with E-state index in [4.69, 9.17) is 4.74 Å². The molecule has 2 bridgehead atoms. The smallest absolute Gasteiger partial charge is 0.311 e. The number of rotatable bonds is 7.